The predicted octanol–water partition coefficient (Wildman–Crippen LogP) is 5.11. The second-order valence-corrected chi connectivity index (χ2v) is 8.84. The number of anilines is 1. The molecule has 1 fully saturated rings. The topological polar surface area (TPSA) is 52.3 Å². The average molecular weight is 489 g/mol. The summed E-state index contributed by atoms with van der Waals surface area (Å²) in [6.07, 6.45) is 1.72. The van der Waals surface area contributed by atoms with E-state index < -0.39 is 0 Å². The largest absolute Gasteiger partial charge is 0.368 e. The van der Waals surface area contributed by atoms with Gasteiger partial charge >= 0.3 is 0 Å². The van der Waals surface area contributed by atoms with Crippen molar-refractivity contribution in [2.75, 3.05) is 31.1 Å². The van der Waals surface area contributed by atoms with E-state index in [2.05, 4.69) is 49.7 Å². The molecule has 0 atom stereocenters. The lowest BCUT2D eigenvalue weighted by Gasteiger charge is -2.36. The van der Waals surface area contributed by atoms with Gasteiger partial charge in [-0.05, 0) is 61.9 Å². The number of rotatable bonds is 4. The minimum atomic E-state index is -0.201. The number of hydrogen-bond donors (Lipinski definition) is 0. The van der Waals surface area contributed by atoms with Gasteiger partial charge in [-0.15, -0.1) is 0 Å². The molecule has 32 heavy (non-hydrogen) atoms. The first kappa shape index (κ1) is 21.9. The lowest BCUT2D eigenvalue weighted by Crippen LogP contribution is -2.49. The second kappa shape index (κ2) is 9.46. The summed E-state index contributed by atoms with van der Waals surface area (Å²) < 4.78 is 3.14. The first-order valence-electron chi connectivity index (χ1n) is 10.6. The highest BCUT2D eigenvalue weighted by Gasteiger charge is 2.24. The van der Waals surface area contributed by atoms with Gasteiger partial charge in [0.15, 0.2) is 0 Å². The van der Waals surface area contributed by atoms with Crippen LogP contribution in [0.3, 0.4) is 0 Å². The van der Waals surface area contributed by atoms with Crippen molar-refractivity contribution in [1.29, 1.82) is 5.26 Å². The molecule has 0 spiro atoms. The molecule has 2 heterocycles. The smallest absolute Gasteiger partial charge is 0.264 e. The fourth-order valence-electron chi connectivity index (χ4n) is 4.22. The van der Waals surface area contributed by atoms with Crippen molar-refractivity contribution in [3.63, 3.8) is 0 Å². The summed E-state index contributed by atoms with van der Waals surface area (Å²) in [6, 6.07) is 22.4. The van der Waals surface area contributed by atoms with Crippen LogP contribution in [0.1, 0.15) is 17.0 Å². The number of benzene rings is 2. The van der Waals surface area contributed by atoms with Crippen molar-refractivity contribution < 1.29 is 4.79 Å². The summed E-state index contributed by atoms with van der Waals surface area (Å²) in [5, 5.41) is 9.75. The van der Waals surface area contributed by atoms with Crippen LogP contribution in [0.4, 0.5) is 5.69 Å². The number of nitrogens with zero attached hydrogens (tertiary/aromatic N) is 4. The SMILES string of the molecule is Cc1cc(/C=C(/C#N)C(=O)N2CCN(c3ccccc3)CC2)c(C)n1-c1cccc(Br)c1. The van der Waals surface area contributed by atoms with Crippen molar-refractivity contribution in [1.82, 2.24) is 9.47 Å². The van der Waals surface area contributed by atoms with Gasteiger partial charge in [0.2, 0.25) is 0 Å². The van der Waals surface area contributed by atoms with E-state index in [9.17, 15) is 10.1 Å². The maximum Gasteiger partial charge on any atom is 0.264 e. The molecule has 5 nitrogen and oxygen atoms in total. The van der Waals surface area contributed by atoms with Gasteiger partial charge < -0.3 is 14.4 Å². The standard InChI is InChI=1S/C26H25BrN4O/c1-19-15-21(20(2)31(19)25-10-6-7-23(27)17-25)16-22(18-28)26(32)30-13-11-29(12-14-30)24-8-4-3-5-9-24/h3-10,15-17H,11-14H2,1-2H3/b22-16-. The maximum atomic E-state index is 13.1. The number of hydrogen-bond acceptors (Lipinski definition) is 3. The molecule has 1 aliphatic rings. The van der Waals surface area contributed by atoms with Crippen molar-refractivity contribution in [3.8, 4) is 11.8 Å². The Kier molecular flexibility index (Phi) is 6.48. The molecule has 1 aromatic heterocycles. The lowest BCUT2D eigenvalue weighted by atomic mass is 10.1. The zero-order valence-corrected chi connectivity index (χ0v) is 19.8. The average Bonchev–Trinajstić information content (AvgIpc) is 3.10. The highest BCUT2D eigenvalue weighted by atomic mass is 79.9. The predicted molar refractivity (Wildman–Crippen MR) is 132 cm³/mol. The van der Waals surface area contributed by atoms with Crippen molar-refractivity contribution in [2.45, 2.75) is 13.8 Å². The van der Waals surface area contributed by atoms with Crippen LogP contribution in [0, 0.1) is 25.2 Å². The highest BCUT2D eigenvalue weighted by Crippen LogP contribution is 2.25. The van der Waals surface area contributed by atoms with Gasteiger partial charge in [-0.25, -0.2) is 0 Å². The Morgan fingerprint density at radius 1 is 0.969 bits per heavy atom. The first-order chi connectivity index (χ1) is 15.5. The van der Waals surface area contributed by atoms with E-state index in [0.29, 0.717) is 13.1 Å². The summed E-state index contributed by atoms with van der Waals surface area (Å²) in [5.41, 5.74) is 5.30. The monoisotopic (exact) mass is 488 g/mol. The van der Waals surface area contributed by atoms with Crippen LogP contribution in [0.15, 0.2) is 70.7 Å². The summed E-state index contributed by atoms with van der Waals surface area (Å²) in [6.45, 7) is 6.76. The number of piperazine rings is 1. The van der Waals surface area contributed by atoms with E-state index in [1.807, 2.05) is 56.3 Å². The number of halogens is 1. The molecule has 1 amide bonds. The van der Waals surface area contributed by atoms with E-state index in [4.69, 9.17) is 0 Å². The Morgan fingerprint density at radius 3 is 2.31 bits per heavy atom. The molecule has 1 aliphatic heterocycles. The van der Waals surface area contributed by atoms with Crippen LogP contribution in [-0.2, 0) is 4.79 Å². The molecule has 4 rings (SSSR count). The first-order valence-corrected chi connectivity index (χ1v) is 11.4. The molecule has 0 aliphatic carbocycles. The Hall–Kier alpha value is -3.30. The minimum absolute atomic E-state index is 0.174. The summed E-state index contributed by atoms with van der Waals surface area (Å²) in [7, 11) is 0. The van der Waals surface area contributed by atoms with Crippen LogP contribution in [0.5, 0.6) is 0 Å². The molecule has 162 valence electrons. The third-order valence-electron chi connectivity index (χ3n) is 5.88. The Balaban J connectivity index is 1.53. The number of para-hydroxylation sites is 1. The quantitative estimate of drug-likeness (QED) is 0.378. The third-order valence-corrected chi connectivity index (χ3v) is 6.37. The second-order valence-electron chi connectivity index (χ2n) is 7.93. The molecule has 3 aromatic rings. The van der Waals surface area contributed by atoms with Crippen LogP contribution < -0.4 is 4.90 Å². The molecule has 2 aromatic carbocycles. The molecule has 6 heteroatoms. The molecule has 0 radical (unpaired) electrons. The Morgan fingerprint density at radius 2 is 1.66 bits per heavy atom. The van der Waals surface area contributed by atoms with Crippen molar-refractivity contribution >= 4 is 33.6 Å². The van der Waals surface area contributed by atoms with E-state index in [1.165, 1.54) is 0 Å². The highest BCUT2D eigenvalue weighted by molar-refractivity contribution is 9.10. The molecule has 0 unspecified atom stereocenters. The third kappa shape index (κ3) is 4.49. The lowest BCUT2D eigenvalue weighted by molar-refractivity contribution is -0.126. The Bertz CT molecular complexity index is 1200. The van der Waals surface area contributed by atoms with Crippen LogP contribution in [0.2, 0.25) is 0 Å². The maximum absolute atomic E-state index is 13.1. The number of amides is 1. The van der Waals surface area contributed by atoms with Gasteiger partial charge in [0.1, 0.15) is 11.6 Å². The zero-order valence-electron chi connectivity index (χ0n) is 18.3. The van der Waals surface area contributed by atoms with Crippen LogP contribution in [-0.4, -0.2) is 41.6 Å². The molecule has 0 N–H and O–H groups in total. The van der Waals surface area contributed by atoms with Gasteiger partial charge in [-0.3, -0.25) is 4.79 Å². The number of carbonyl (C=O) groups is 1. The molecule has 1 saturated heterocycles. The number of nitriles is 1. The molecular weight excluding hydrogens is 464 g/mol. The van der Waals surface area contributed by atoms with Gasteiger partial charge in [-0.2, -0.15) is 5.26 Å². The van der Waals surface area contributed by atoms with Gasteiger partial charge in [0.25, 0.3) is 5.91 Å². The van der Waals surface area contributed by atoms with Crippen molar-refractivity contribution in [3.05, 3.63) is 87.7 Å². The van der Waals surface area contributed by atoms with Gasteiger partial charge in [-0.1, -0.05) is 40.2 Å². The normalized spacial score (nSPS) is 14.4. The number of aromatic nitrogens is 1. The summed E-state index contributed by atoms with van der Waals surface area (Å²) in [4.78, 5) is 17.1. The number of aryl methyl sites for hydroxylation is 1. The fraction of sp³-hybridized carbons (Fsp3) is 0.231. The van der Waals surface area contributed by atoms with Crippen LogP contribution >= 0.6 is 15.9 Å². The van der Waals surface area contributed by atoms with E-state index in [0.717, 1.165) is 45.9 Å². The fourth-order valence-corrected chi connectivity index (χ4v) is 4.61. The van der Waals surface area contributed by atoms with Crippen molar-refractivity contribution in [2.24, 2.45) is 0 Å². The van der Waals surface area contributed by atoms with E-state index in [-0.39, 0.29) is 11.5 Å². The Labute approximate surface area is 197 Å². The molecule has 0 bridgehead atoms. The van der Waals surface area contributed by atoms with E-state index in [1.54, 1.807) is 11.0 Å². The summed E-state index contributed by atoms with van der Waals surface area (Å²) >= 11 is 3.53. The van der Waals surface area contributed by atoms with Gasteiger partial charge in [0, 0.05) is 53.4 Å². The van der Waals surface area contributed by atoms with Crippen LogP contribution in [0.25, 0.3) is 11.8 Å². The molecular formula is C26H25BrN4O. The number of carbonyl (C=O) groups excluding carboxylic acids is 1. The zero-order chi connectivity index (χ0) is 22.7. The van der Waals surface area contributed by atoms with Gasteiger partial charge in [0.05, 0.1) is 0 Å². The minimum Gasteiger partial charge on any atom is -0.368 e. The van der Waals surface area contributed by atoms with E-state index >= 15 is 0 Å². The molecule has 0 saturated carbocycles. The summed E-state index contributed by atoms with van der Waals surface area (Å²) in [5.74, 6) is -0.201.